The van der Waals surface area contributed by atoms with Crippen LogP contribution in [0, 0.1) is 11.8 Å². The van der Waals surface area contributed by atoms with Crippen LogP contribution >= 0.6 is 11.3 Å². The average molecular weight is 364 g/mol. The van der Waals surface area contributed by atoms with E-state index in [4.69, 9.17) is 4.74 Å². The van der Waals surface area contributed by atoms with Crippen molar-refractivity contribution in [3.05, 3.63) is 22.4 Å². The van der Waals surface area contributed by atoms with Crippen LogP contribution in [-0.2, 0) is 11.3 Å². The normalized spacial score (nSPS) is 32.2. The Hall–Kier alpha value is -0.460. The summed E-state index contributed by atoms with van der Waals surface area (Å²) in [5.74, 6) is 1.62. The monoisotopic (exact) mass is 363 g/mol. The molecule has 25 heavy (non-hydrogen) atoms. The highest BCUT2D eigenvalue weighted by atomic mass is 32.1. The van der Waals surface area contributed by atoms with Gasteiger partial charge in [-0.3, -0.25) is 4.90 Å². The molecule has 4 rings (SSSR count). The van der Waals surface area contributed by atoms with E-state index in [1.54, 1.807) is 0 Å². The van der Waals surface area contributed by atoms with Gasteiger partial charge in [-0.05, 0) is 68.6 Å². The fourth-order valence-corrected chi connectivity index (χ4v) is 5.62. The Kier molecular flexibility index (Phi) is 6.42. The Labute approximate surface area is 156 Å². The maximum Gasteiger partial charge on any atom is 0.0623 e. The summed E-state index contributed by atoms with van der Waals surface area (Å²) in [7, 11) is 0. The predicted molar refractivity (Wildman–Crippen MR) is 104 cm³/mol. The number of ether oxygens (including phenoxy) is 1. The third kappa shape index (κ3) is 4.83. The number of hydrogen-bond donors (Lipinski definition) is 2. The number of nitrogens with one attached hydrogen (secondary N) is 2. The van der Waals surface area contributed by atoms with E-state index in [0.717, 1.165) is 38.1 Å². The first-order chi connectivity index (χ1) is 12.4. The molecule has 1 saturated carbocycles. The van der Waals surface area contributed by atoms with Gasteiger partial charge in [-0.1, -0.05) is 12.5 Å². The van der Waals surface area contributed by atoms with E-state index in [1.807, 2.05) is 11.3 Å². The molecule has 0 radical (unpaired) electrons. The Balaban J connectivity index is 1.18. The Morgan fingerprint density at radius 2 is 2.16 bits per heavy atom. The molecular weight excluding hydrogens is 330 g/mol. The minimum atomic E-state index is 0.571. The Morgan fingerprint density at radius 3 is 2.92 bits per heavy atom. The molecule has 0 spiro atoms. The summed E-state index contributed by atoms with van der Waals surface area (Å²) in [6.45, 7) is 7.69. The second-order valence-corrected chi connectivity index (χ2v) is 9.08. The Bertz CT molecular complexity index is 495. The van der Waals surface area contributed by atoms with Crippen LogP contribution < -0.4 is 10.6 Å². The van der Waals surface area contributed by atoms with E-state index in [0.29, 0.717) is 12.1 Å². The van der Waals surface area contributed by atoms with Crippen molar-refractivity contribution >= 4 is 11.3 Å². The summed E-state index contributed by atoms with van der Waals surface area (Å²) in [4.78, 5) is 4.14. The number of rotatable bonds is 6. The van der Waals surface area contributed by atoms with Gasteiger partial charge in [-0.25, -0.2) is 0 Å². The quantitative estimate of drug-likeness (QED) is 0.815. The van der Waals surface area contributed by atoms with Crippen molar-refractivity contribution in [2.75, 3.05) is 39.4 Å². The minimum absolute atomic E-state index is 0.571. The third-order valence-corrected chi connectivity index (χ3v) is 7.23. The summed E-state index contributed by atoms with van der Waals surface area (Å²) in [6.07, 6.45) is 6.78. The van der Waals surface area contributed by atoms with Gasteiger partial charge >= 0.3 is 0 Å². The van der Waals surface area contributed by atoms with Crippen LogP contribution in [0.3, 0.4) is 0 Å². The van der Waals surface area contributed by atoms with E-state index in [-0.39, 0.29) is 0 Å². The Morgan fingerprint density at radius 1 is 1.24 bits per heavy atom. The van der Waals surface area contributed by atoms with Gasteiger partial charge in [-0.2, -0.15) is 0 Å². The molecule has 3 fully saturated rings. The van der Waals surface area contributed by atoms with Crippen molar-refractivity contribution in [3.8, 4) is 0 Å². The zero-order chi connectivity index (χ0) is 16.9. The van der Waals surface area contributed by atoms with Gasteiger partial charge in [0.1, 0.15) is 0 Å². The van der Waals surface area contributed by atoms with Gasteiger partial charge in [-0.15, -0.1) is 11.3 Å². The zero-order valence-corrected chi connectivity index (χ0v) is 16.1. The fourth-order valence-electron chi connectivity index (χ4n) is 4.87. The van der Waals surface area contributed by atoms with Gasteiger partial charge < -0.3 is 15.4 Å². The first kappa shape index (κ1) is 17.9. The molecule has 0 amide bonds. The molecule has 5 heteroatoms. The smallest absolute Gasteiger partial charge is 0.0623 e. The van der Waals surface area contributed by atoms with Gasteiger partial charge in [0, 0.05) is 30.1 Å². The molecule has 4 nitrogen and oxygen atoms in total. The number of nitrogens with zero attached hydrogens (tertiary/aromatic N) is 1. The summed E-state index contributed by atoms with van der Waals surface area (Å²) < 4.78 is 5.70. The third-order valence-electron chi connectivity index (χ3n) is 6.37. The van der Waals surface area contributed by atoms with Crippen LogP contribution in [0.4, 0.5) is 0 Å². The molecule has 3 heterocycles. The van der Waals surface area contributed by atoms with E-state index in [1.165, 1.54) is 56.6 Å². The van der Waals surface area contributed by atoms with E-state index < -0.39 is 0 Å². The van der Waals surface area contributed by atoms with Crippen molar-refractivity contribution in [2.24, 2.45) is 11.8 Å². The first-order valence-corrected chi connectivity index (χ1v) is 11.1. The standard InChI is InChI=1S/C20H33N3OS/c1-4-18(20-15-24-11-8-21-20)19(5-1)22-13-16-6-9-23(10-7-16)14-17-3-2-12-25-17/h2-3,12,16,18-22H,1,4-11,13-15H2. The zero-order valence-electron chi connectivity index (χ0n) is 15.3. The number of hydrogen-bond acceptors (Lipinski definition) is 5. The lowest BCUT2D eigenvalue weighted by Gasteiger charge is -2.35. The van der Waals surface area contributed by atoms with E-state index >= 15 is 0 Å². The van der Waals surface area contributed by atoms with Gasteiger partial charge in [0.25, 0.3) is 0 Å². The lowest BCUT2D eigenvalue weighted by atomic mass is 9.92. The van der Waals surface area contributed by atoms with Crippen LogP contribution in [-0.4, -0.2) is 56.4 Å². The number of piperidine rings is 1. The molecule has 0 bridgehead atoms. The highest BCUT2D eigenvalue weighted by molar-refractivity contribution is 7.09. The number of morpholine rings is 1. The van der Waals surface area contributed by atoms with Crippen LogP contribution in [0.25, 0.3) is 0 Å². The second-order valence-electron chi connectivity index (χ2n) is 8.04. The molecule has 2 saturated heterocycles. The van der Waals surface area contributed by atoms with Crippen molar-refractivity contribution in [3.63, 3.8) is 0 Å². The van der Waals surface area contributed by atoms with E-state index in [9.17, 15) is 0 Å². The maximum absolute atomic E-state index is 5.70. The average Bonchev–Trinajstić information content (AvgIpc) is 3.33. The van der Waals surface area contributed by atoms with Crippen LogP contribution in [0.5, 0.6) is 0 Å². The van der Waals surface area contributed by atoms with Crippen molar-refractivity contribution in [2.45, 2.75) is 50.7 Å². The van der Waals surface area contributed by atoms with E-state index in [2.05, 4.69) is 33.0 Å². The van der Waals surface area contributed by atoms with Gasteiger partial charge in [0.2, 0.25) is 0 Å². The molecule has 0 aromatic carbocycles. The van der Waals surface area contributed by atoms with Crippen molar-refractivity contribution in [1.29, 1.82) is 0 Å². The number of thiophene rings is 1. The topological polar surface area (TPSA) is 36.5 Å². The minimum Gasteiger partial charge on any atom is -0.379 e. The molecule has 1 aromatic rings. The largest absolute Gasteiger partial charge is 0.379 e. The molecule has 140 valence electrons. The fraction of sp³-hybridized carbons (Fsp3) is 0.800. The summed E-state index contributed by atoms with van der Waals surface area (Å²) in [5, 5.41) is 9.82. The summed E-state index contributed by atoms with van der Waals surface area (Å²) in [5.41, 5.74) is 0. The lowest BCUT2D eigenvalue weighted by molar-refractivity contribution is 0.0519. The lowest BCUT2D eigenvalue weighted by Crippen LogP contribution is -2.51. The highest BCUT2D eigenvalue weighted by Crippen LogP contribution is 2.30. The predicted octanol–water partition coefficient (Wildman–Crippen LogP) is 2.71. The number of likely N-dealkylation sites (tertiary alicyclic amines) is 1. The van der Waals surface area contributed by atoms with Crippen LogP contribution in [0.1, 0.15) is 37.0 Å². The molecule has 3 unspecified atom stereocenters. The molecule has 1 aromatic heterocycles. The molecule has 3 aliphatic rings. The molecule has 3 atom stereocenters. The first-order valence-electron chi connectivity index (χ1n) is 10.2. The summed E-state index contributed by atoms with van der Waals surface area (Å²) in [6, 6.07) is 5.70. The van der Waals surface area contributed by atoms with Crippen LogP contribution in [0.15, 0.2) is 17.5 Å². The highest BCUT2D eigenvalue weighted by Gasteiger charge is 2.34. The molecule has 1 aliphatic carbocycles. The molecule has 2 aliphatic heterocycles. The molecular formula is C20H33N3OS. The summed E-state index contributed by atoms with van der Waals surface area (Å²) >= 11 is 1.89. The van der Waals surface area contributed by atoms with Crippen molar-refractivity contribution in [1.82, 2.24) is 15.5 Å². The SMILES string of the molecule is c1csc(CN2CCC(CNC3CCCC3C3COCCN3)CC2)c1. The van der Waals surface area contributed by atoms with Gasteiger partial charge in [0.05, 0.1) is 13.2 Å². The second kappa shape index (κ2) is 8.96. The maximum atomic E-state index is 5.70. The van der Waals surface area contributed by atoms with Crippen molar-refractivity contribution < 1.29 is 4.74 Å². The van der Waals surface area contributed by atoms with Crippen LogP contribution in [0.2, 0.25) is 0 Å². The van der Waals surface area contributed by atoms with Gasteiger partial charge in [0.15, 0.2) is 0 Å². The molecule has 2 N–H and O–H groups in total.